The quantitative estimate of drug-likeness (QED) is 0.268. The summed E-state index contributed by atoms with van der Waals surface area (Å²) in [4.78, 5) is 12.4. The number of hydrogen-bond acceptors (Lipinski definition) is 6. The molecule has 0 aliphatic rings. The maximum Gasteiger partial charge on any atom is 0.347 e. The molecule has 0 aliphatic heterocycles. The summed E-state index contributed by atoms with van der Waals surface area (Å²) < 4.78 is 15.8. The van der Waals surface area contributed by atoms with Gasteiger partial charge in [-0.05, 0) is 48.1 Å². The van der Waals surface area contributed by atoms with Gasteiger partial charge in [-0.2, -0.15) is 5.10 Å². The molecular weight excluding hydrogens is 342 g/mol. The number of esters is 1. The Hall–Kier alpha value is -3.13. The van der Waals surface area contributed by atoms with Crippen LogP contribution in [0.25, 0.3) is 0 Å². The van der Waals surface area contributed by atoms with E-state index >= 15 is 0 Å². The molecule has 0 amide bonds. The van der Waals surface area contributed by atoms with Crippen LogP contribution in [0.2, 0.25) is 0 Å². The van der Waals surface area contributed by atoms with Gasteiger partial charge in [-0.3, -0.25) is 5.43 Å². The van der Waals surface area contributed by atoms with Gasteiger partial charge in [-0.25, -0.2) is 4.79 Å². The minimum atomic E-state index is -0.549. The van der Waals surface area contributed by atoms with Gasteiger partial charge in [0.1, 0.15) is 11.3 Å². The maximum absolute atomic E-state index is 12.4. The minimum absolute atomic E-state index is 0.0607. The third-order valence-corrected chi connectivity index (χ3v) is 3.20. The average Bonchev–Trinajstić information content (AvgIpc) is 2.62. The molecule has 0 saturated heterocycles. The molecule has 2 rings (SSSR count). The molecule has 0 aliphatic carbocycles. The van der Waals surface area contributed by atoms with E-state index < -0.39 is 5.97 Å². The first-order valence-corrected chi connectivity index (χ1v) is 7.57. The fourth-order valence-corrected chi connectivity index (χ4v) is 2.04. The molecule has 0 aromatic heterocycles. The van der Waals surface area contributed by atoms with E-state index in [9.17, 15) is 4.79 Å². The van der Waals surface area contributed by atoms with Crippen LogP contribution in [0.3, 0.4) is 0 Å². The van der Waals surface area contributed by atoms with E-state index in [0.717, 1.165) is 0 Å². The lowest BCUT2D eigenvalue weighted by atomic mass is 10.2. The van der Waals surface area contributed by atoms with Crippen molar-refractivity contribution in [1.82, 2.24) is 5.43 Å². The largest absolute Gasteiger partial charge is 0.496 e. The molecule has 0 atom stereocenters. The molecule has 2 aromatic carbocycles. The van der Waals surface area contributed by atoms with Gasteiger partial charge >= 0.3 is 5.97 Å². The predicted molar refractivity (Wildman–Crippen MR) is 98.5 cm³/mol. The summed E-state index contributed by atoms with van der Waals surface area (Å²) >= 11 is 4.66. The number of nitrogens with zero attached hydrogens (tertiary/aromatic N) is 1. The highest BCUT2D eigenvalue weighted by Crippen LogP contribution is 2.29. The van der Waals surface area contributed by atoms with E-state index in [1.807, 2.05) is 0 Å². The Morgan fingerprint density at radius 3 is 2.52 bits per heavy atom. The Morgan fingerprint density at radius 2 is 1.84 bits per heavy atom. The average molecular weight is 359 g/mol. The van der Waals surface area contributed by atoms with Crippen LogP contribution < -0.4 is 25.4 Å². The number of hydrogen-bond donors (Lipinski definition) is 2. The van der Waals surface area contributed by atoms with Crippen LogP contribution >= 0.6 is 12.2 Å². The second kappa shape index (κ2) is 8.65. The van der Waals surface area contributed by atoms with E-state index in [1.165, 1.54) is 20.4 Å². The summed E-state index contributed by atoms with van der Waals surface area (Å²) in [6, 6.07) is 11.8. The van der Waals surface area contributed by atoms with Crippen molar-refractivity contribution in [3.05, 3.63) is 53.6 Å². The van der Waals surface area contributed by atoms with Crippen molar-refractivity contribution in [3.8, 4) is 17.2 Å². The third kappa shape index (κ3) is 4.92. The molecule has 130 valence electrons. The molecule has 7 nitrogen and oxygen atoms in total. The molecule has 0 heterocycles. The summed E-state index contributed by atoms with van der Waals surface area (Å²) in [5.74, 6) is 0.534. The fraction of sp³-hybridized carbons (Fsp3) is 0.118. The zero-order valence-corrected chi connectivity index (χ0v) is 14.5. The summed E-state index contributed by atoms with van der Waals surface area (Å²) in [6.45, 7) is 0. The van der Waals surface area contributed by atoms with Gasteiger partial charge in [0, 0.05) is 0 Å². The second-order valence-electron chi connectivity index (χ2n) is 4.73. The molecular formula is C17H17N3O4S. The van der Waals surface area contributed by atoms with Crippen LogP contribution in [-0.2, 0) is 0 Å². The Labute approximate surface area is 150 Å². The Bertz CT molecular complexity index is 808. The Kier molecular flexibility index (Phi) is 6.30. The van der Waals surface area contributed by atoms with E-state index in [1.54, 1.807) is 42.5 Å². The van der Waals surface area contributed by atoms with Gasteiger partial charge in [0.05, 0.1) is 20.4 Å². The number of thiocarbonyl (C=S) groups is 1. The van der Waals surface area contributed by atoms with Crippen LogP contribution in [0.4, 0.5) is 0 Å². The summed E-state index contributed by atoms with van der Waals surface area (Å²) in [7, 11) is 2.96. The van der Waals surface area contributed by atoms with Crippen molar-refractivity contribution in [2.45, 2.75) is 0 Å². The number of hydrazone groups is 1. The summed E-state index contributed by atoms with van der Waals surface area (Å²) in [6.07, 6.45) is 1.51. The Balaban J connectivity index is 2.20. The number of carbonyl (C=O) groups excluding carboxylic acids is 1. The number of benzene rings is 2. The number of carbonyl (C=O) groups is 1. The molecule has 0 fully saturated rings. The van der Waals surface area contributed by atoms with Crippen LogP contribution in [0.1, 0.15) is 15.9 Å². The van der Waals surface area contributed by atoms with Crippen molar-refractivity contribution in [2.75, 3.05) is 14.2 Å². The molecule has 8 heteroatoms. The van der Waals surface area contributed by atoms with E-state index in [4.69, 9.17) is 19.9 Å². The van der Waals surface area contributed by atoms with E-state index in [0.29, 0.717) is 22.6 Å². The Morgan fingerprint density at radius 1 is 1.12 bits per heavy atom. The molecule has 0 bridgehead atoms. The van der Waals surface area contributed by atoms with Gasteiger partial charge in [0.2, 0.25) is 0 Å². The SMILES string of the molecule is COc1cc(/C=N\NC(N)=S)ccc1OC(=O)c1ccccc1OC. The lowest BCUT2D eigenvalue weighted by Crippen LogP contribution is -2.23. The monoisotopic (exact) mass is 359 g/mol. The summed E-state index contributed by atoms with van der Waals surface area (Å²) in [5.41, 5.74) is 8.76. The molecule has 0 radical (unpaired) electrons. The first kappa shape index (κ1) is 18.2. The minimum Gasteiger partial charge on any atom is -0.496 e. The lowest BCUT2D eigenvalue weighted by molar-refractivity contribution is 0.0726. The maximum atomic E-state index is 12.4. The number of rotatable bonds is 6. The highest BCUT2D eigenvalue weighted by Gasteiger charge is 2.16. The van der Waals surface area contributed by atoms with Gasteiger partial charge in [0.25, 0.3) is 0 Å². The van der Waals surface area contributed by atoms with Gasteiger partial charge in [-0.1, -0.05) is 12.1 Å². The van der Waals surface area contributed by atoms with Crippen LogP contribution in [0, 0.1) is 0 Å². The molecule has 3 N–H and O–H groups in total. The van der Waals surface area contributed by atoms with E-state index in [2.05, 4.69) is 22.7 Å². The fourth-order valence-electron chi connectivity index (χ4n) is 1.99. The van der Waals surface area contributed by atoms with Crippen LogP contribution in [-0.4, -0.2) is 31.5 Å². The number of ether oxygens (including phenoxy) is 3. The topological polar surface area (TPSA) is 95.2 Å². The first-order valence-electron chi connectivity index (χ1n) is 7.17. The normalized spacial score (nSPS) is 10.3. The first-order chi connectivity index (χ1) is 12.0. The number of nitrogens with two attached hydrogens (primary N) is 1. The van der Waals surface area contributed by atoms with Crippen molar-refractivity contribution >= 4 is 29.5 Å². The van der Waals surface area contributed by atoms with Crippen molar-refractivity contribution in [2.24, 2.45) is 10.8 Å². The van der Waals surface area contributed by atoms with Crippen LogP contribution in [0.15, 0.2) is 47.6 Å². The highest BCUT2D eigenvalue weighted by atomic mass is 32.1. The van der Waals surface area contributed by atoms with Gasteiger partial charge in [0.15, 0.2) is 16.6 Å². The molecule has 0 spiro atoms. The second-order valence-corrected chi connectivity index (χ2v) is 5.17. The van der Waals surface area contributed by atoms with E-state index in [-0.39, 0.29) is 10.9 Å². The summed E-state index contributed by atoms with van der Waals surface area (Å²) in [5, 5.41) is 3.92. The standard InChI is InChI=1S/C17H17N3O4S/c1-22-13-6-4-3-5-12(13)16(21)24-14-8-7-11(9-15(14)23-2)10-19-20-17(18)25/h3-10H,1-2H3,(H3,18,20,25)/b19-10-. The molecule has 25 heavy (non-hydrogen) atoms. The third-order valence-electron chi connectivity index (χ3n) is 3.11. The van der Waals surface area contributed by atoms with Crippen molar-refractivity contribution in [1.29, 1.82) is 0 Å². The van der Waals surface area contributed by atoms with Gasteiger partial charge in [-0.15, -0.1) is 0 Å². The highest BCUT2D eigenvalue weighted by molar-refractivity contribution is 7.80. The van der Waals surface area contributed by atoms with Crippen molar-refractivity contribution < 1.29 is 19.0 Å². The smallest absolute Gasteiger partial charge is 0.347 e. The zero-order chi connectivity index (χ0) is 18.2. The van der Waals surface area contributed by atoms with Crippen molar-refractivity contribution in [3.63, 3.8) is 0 Å². The molecule has 0 unspecified atom stereocenters. The lowest BCUT2D eigenvalue weighted by Gasteiger charge is -2.11. The number of para-hydroxylation sites is 1. The van der Waals surface area contributed by atoms with Gasteiger partial charge < -0.3 is 19.9 Å². The predicted octanol–water partition coefficient (Wildman–Crippen LogP) is 2.09. The number of nitrogens with one attached hydrogen (secondary N) is 1. The number of methoxy groups -OCH3 is 2. The van der Waals surface area contributed by atoms with Crippen LogP contribution in [0.5, 0.6) is 17.2 Å². The molecule has 2 aromatic rings. The zero-order valence-electron chi connectivity index (χ0n) is 13.7. The molecule has 0 saturated carbocycles.